The zero-order valence-electron chi connectivity index (χ0n) is 6.95. The van der Waals surface area contributed by atoms with E-state index in [1.165, 1.54) is 26.1 Å². The van der Waals surface area contributed by atoms with Gasteiger partial charge in [0.05, 0.1) is 0 Å². The largest absolute Gasteiger partial charge is 0.312 e. The van der Waals surface area contributed by atoms with Crippen molar-refractivity contribution in [1.29, 1.82) is 0 Å². The molecule has 0 aromatic rings. The lowest BCUT2D eigenvalue weighted by Gasteiger charge is -2.19. The van der Waals surface area contributed by atoms with E-state index in [0.717, 1.165) is 12.0 Å². The summed E-state index contributed by atoms with van der Waals surface area (Å²) >= 11 is 4.44. The molecule has 0 aromatic carbocycles. The first-order valence-corrected chi connectivity index (χ1v) is 4.94. The van der Waals surface area contributed by atoms with E-state index in [2.05, 4.69) is 29.8 Å². The van der Waals surface area contributed by atoms with Gasteiger partial charge in [-0.25, -0.2) is 0 Å². The molecule has 2 aliphatic heterocycles. The first kappa shape index (κ1) is 7.90. The second-order valence-corrected chi connectivity index (χ2v) is 4.44. The molecule has 3 unspecified atom stereocenters. The molecule has 2 fully saturated rings. The maximum Gasteiger partial charge on any atom is 0.0500 e. The van der Waals surface area contributed by atoms with E-state index in [4.69, 9.17) is 0 Å². The fraction of sp³-hybridized carbons (Fsp3) is 1.00. The number of thiol groups is 1. The second kappa shape index (κ2) is 2.96. The summed E-state index contributed by atoms with van der Waals surface area (Å²) in [6, 6.07) is 0.768. The van der Waals surface area contributed by atoms with E-state index in [9.17, 15) is 0 Å². The van der Waals surface area contributed by atoms with Crippen molar-refractivity contribution in [2.24, 2.45) is 5.92 Å². The summed E-state index contributed by atoms with van der Waals surface area (Å²) in [6.45, 7) is 5.84. The Bertz CT molecular complexity index is 137. The zero-order valence-corrected chi connectivity index (χ0v) is 7.85. The standard InChI is InChI=1S/C8H16N2S/c1-6(11)10-4-7-2-3-9-8(7)5-10/h6-9,11H,2-5H2,1H3. The van der Waals surface area contributed by atoms with Gasteiger partial charge in [-0.2, -0.15) is 12.6 Å². The van der Waals surface area contributed by atoms with Crippen LogP contribution in [0.3, 0.4) is 0 Å². The van der Waals surface area contributed by atoms with Gasteiger partial charge < -0.3 is 5.32 Å². The van der Waals surface area contributed by atoms with Crippen molar-refractivity contribution < 1.29 is 0 Å². The van der Waals surface area contributed by atoms with Gasteiger partial charge in [-0.15, -0.1) is 0 Å². The molecular formula is C8H16N2S. The monoisotopic (exact) mass is 172 g/mol. The van der Waals surface area contributed by atoms with Gasteiger partial charge in [0.2, 0.25) is 0 Å². The lowest BCUT2D eigenvalue weighted by Crippen LogP contribution is -2.32. The van der Waals surface area contributed by atoms with Gasteiger partial charge in [0.25, 0.3) is 0 Å². The molecule has 2 rings (SSSR count). The first-order valence-electron chi connectivity index (χ1n) is 4.43. The van der Waals surface area contributed by atoms with Gasteiger partial charge in [0.1, 0.15) is 0 Å². The van der Waals surface area contributed by atoms with Crippen molar-refractivity contribution in [2.75, 3.05) is 19.6 Å². The van der Waals surface area contributed by atoms with E-state index in [1.807, 2.05) is 0 Å². The number of fused-ring (bicyclic) bond motifs is 1. The van der Waals surface area contributed by atoms with Crippen molar-refractivity contribution in [2.45, 2.75) is 24.8 Å². The summed E-state index contributed by atoms with van der Waals surface area (Å²) < 4.78 is 0. The molecule has 0 aliphatic carbocycles. The van der Waals surface area contributed by atoms with Gasteiger partial charge in [-0.1, -0.05) is 0 Å². The molecular weight excluding hydrogens is 156 g/mol. The average molecular weight is 172 g/mol. The van der Waals surface area contributed by atoms with Crippen LogP contribution >= 0.6 is 12.6 Å². The summed E-state index contributed by atoms with van der Waals surface area (Å²) in [4.78, 5) is 2.45. The third-order valence-electron chi connectivity index (χ3n) is 2.92. The Morgan fingerprint density at radius 1 is 1.55 bits per heavy atom. The predicted octanol–water partition coefficient (Wildman–Crippen LogP) is 0.556. The molecule has 1 N–H and O–H groups in total. The Morgan fingerprint density at radius 3 is 3.00 bits per heavy atom. The van der Waals surface area contributed by atoms with Crippen LogP contribution in [0.1, 0.15) is 13.3 Å². The maximum atomic E-state index is 4.44. The molecule has 2 saturated heterocycles. The first-order chi connectivity index (χ1) is 5.27. The van der Waals surface area contributed by atoms with Crippen LogP contribution in [-0.2, 0) is 0 Å². The lowest BCUT2D eigenvalue weighted by molar-refractivity contribution is 0.309. The molecule has 0 amide bonds. The van der Waals surface area contributed by atoms with E-state index in [-0.39, 0.29) is 0 Å². The number of nitrogens with zero attached hydrogens (tertiary/aromatic N) is 1. The Balaban J connectivity index is 1.94. The Morgan fingerprint density at radius 2 is 2.36 bits per heavy atom. The molecule has 3 atom stereocenters. The summed E-state index contributed by atoms with van der Waals surface area (Å²) in [5.74, 6) is 0.907. The third-order valence-corrected chi connectivity index (χ3v) is 3.25. The number of hydrogen-bond donors (Lipinski definition) is 2. The van der Waals surface area contributed by atoms with Crippen molar-refractivity contribution in [1.82, 2.24) is 10.2 Å². The van der Waals surface area contributed by atoms with Crippen LogP contribution < -0.4 is 5.32 Å². The highest BCUT2D eigenvalue weighted by Crippen LogP contribution is 2.26. The van der Waals surface area contributed by atoms with Gasteiger partial charge in [-0.3, -0.25) is 4.90 Å². The molecule has 0 aromatic heterocycles. The number of likely N-dealkylation sites (tertiary alicyclic amines) is 1. The smallest absolute Gasteiger partial charge is 0.0500 e. The van der Waals surface area contributed by atoms with Gasteiger partial charge in [-0.05, 0) is 25.8 Å². The van der Waals surface area contributed by atoms with Crippen molar-refractivity contribution in [3.63, 3.8) is 0 Å². The summed E-state index contributed by atoms with van der Waals surface area (Å²) in [5, 5.41) is 3.96. The van der Waals surface area contributed by atoms with E-state index < -0.39 is 0 Å². The van der Waals surface area contributed by atoms with Gasteiger partial charge in [0.15, 0.2) is 0 Å². The molecule has 2 nitrogen and oxygen atoms in total. The molecule has 2 aliphatic rings. The summed E-state index contributed by atoms with van der Waals surface area (Å²) in [5.41, 5.74) is 0. The van der Waals surface area contributed by atoms with Crippen molar-refractivity contribution in [3.8, 4) is 0 Å². The quantitative estimate of drug-likeness (QED) is 0.562. The van der Waals surface area contributed by atoms with Crippen LogP contribution in [0.25, 0.3) is 0 Å². The molecule has 0 spiro atoms. The summed E-state index contributed by atoms with van der Waals surface area (Å²) in [6.07, 6.45) is 1.36. The van der Waals surface area contributed by atoms with Crippen LogP contribution in [0.15, 0.2) is 0 Å². The van der Waals surface area contributed by atoms with Gasteiger partial charge in [0, 0.05) is 24.5 Å². The van der Waals surface area contributed by atoms with Crippen LogP contribution in [0.4, 0.5) is 0 Å². The number of hydrogen-bond acceptors (Lipinski definition) is 3. The van der Waals surface area contributed by atoms with Gasteiger partial charge >= 0.3 is 0 Å². The molecule has 64 valence electrons. The highest BCUT2D eigenvalue weighted by atomic mass is 32.1. The minimum atomic E-state index is 0.433. The van der Waals surface area contributed by atoms with Crippen molar-refractivity contribution in [3.05, 3.63) is 0 Å². The molecule has 0 radical (unpaired) electrons. The number of nitrogens with one attached hydrogen (secondary N) is 1. The molecule has 3 heteroatoms. The fourth-order valence-electron chi connectivity index (χ4n) is 2.19. The van der Waals surface area contributed by atoms with E-state index >= 15 is 0 Å². The lowest BCUT2D eigenvalue weighted by atomic mass is 10.1. The Kier molecular flexibility index (Phi) is 2.12. The van der Waals surface area contributed by atoms with Crippen LogP contribution in [0, 0.1) is 5.92 Å². The third kappa shape index (κ3) is 1.42. The van der Waals surface area contributed by atoms with Crippen LogP contribution in [0.5, 0.6) is 0 Å². The minimum absolute atomic E-state index is 0.433. The number of rotatable bonds is 1. The average Bonchev–Trinajstić information content (AvgIpc) is 2.40. The maximum absolute atomic E-state index is 4.44. The fourth-order valence-corrected chi connectivity index (χ4v) is 2.38. The molecule has 11 heavy (non-hydrogen) atoms. The Labute approximate surface area is 73.7 Å². The Hall–Kier alpha value is 0.270. The summed E-state index contributed by atoms with van der Waals surface area (Å²) in [7, 11) is 0. The normalized spacial score (nSPS) is 40.9. The van der Waals surface area contributed by atoms with Crippen LogP contribution in [0.2, 0.25) is 0 Å². The highest BCUT2D eigenvalue weighted by molar-refractivity contribution is 7.80. The van der Waals surface area contributed by atoms with Crippen LogP contribution in [-0.4, -0.2) is 35.9 Å². The molecule has 0 saturated carbocycles. The van der Waals surface area contributed by atoms with Crippen molar-refractivity contribution >= 4 is 12.6 Å². The topological polar surface area (TPSA) is 15.3 Å². The minimum Gasteiger partial charge on any atom is -0.312 e. The predicted molar refractivity (Wildman–Crippen MR) is 49.9 cm³/mol. The second-order valence-electron chi connectivity index (χ2n) is 3.70. The molecule has 0 bridgehead atoms. The zero-order chi connectivity index (χ0) is 7.84. The molecule has 2 heterocycles. The highest BCUT2D eigenvalue weighted by Gasteiger charge is 2.36. The van der Waals surface area contributed by atoms with E-state index in [0.29, 0.717) is 5.37 Å². The van der Waals surface area contributed by atoms with E-state index in [1.54, 1.807) is 0 Å². The SMILES string of the molecule is CC(S)N1CC2CCNC2C1.